The van der Waals surface area contributed by atoms with Crippen molar-refractivity contribution in [1.82, 2.24) is 45.7 Å². The average molecular weight is 844 g/mol. The minimum atomic E-state index is -0.817. The first kappa shape index (κ1) is 38.9. The first-order chi connectivity index (χ1) is 30.6. The summed E-state index contributed by atoms with van der Waals surface area (Å²) < 4.78 is 4.84. The molecular weight excluding hydrogens is 795 g/mol. The van der Waals surface area contributed by atoms with Gasteiger partial charge < -0.3 is 40.5 Å². The van der Waals surface area contributed by atoms with Gasteiger partial charge in [-0.1, -0.05) is 80.6 Å². The molecule has 14 heteroatoms. The van der Waals surface area contributed by atoms with Crippen molar-refractivity contribution in [3.05, 3.63) is 108 Å². The van der Waals surface area contributed by atoms with Gasteiger partial charge in [0.25, 0.3) is 5.91 Å². The zero-order valence-electron chi connectivity index (χ0n) is 35.5. The van der Waals surface area contributed by atoms with Crippen LogP contribution in [0.15, 0.2) is 91.0 Å². The zero-order valence-corrected chi connectivity index (χ0v) is 35.5. The largest absolute Gasteiger partial charge is 0.453 e. The van der Waals surface area contributed by atoms with Gasteiger partial charge in [0, 0.05) is 29.9 Å². The molecule has 5 N–H and O–H groups in total. The Kier molecular flexibility index (Phi) is 9.18. The summed E-state index contributed by atoms with van der Waals surface area (Å²) in [5, 5.41) is 12.4. The number of piperidine rings is 2. The number of rotatable bonds is 9. The predicted molar refractivity (Wildman–Crippen MR) is 239 cm³/mol. The molecule has 63 heavy (non-hydrogen) atoms. The summed E-state index contributed by atoms with van der Waals surface area (Å²) in [5.74, 6) is 2.04. The average Bonchev–Trinajstić information content (AvgIpc) is 3.95. The highest BCUT2D eigenvalue weighted by molar-refractivity contribution is 6.07. The van der Waals surface area contributed by atoms with Gasteiger partial charge in [0.05, 0.1) is 41.3 Å². The van der Waals surface area contributed by atoms with E-state index in [0.29, 0.717) is 11.8 Å². The Hall–Kier alpha value is -6.96. The third kappa shape index (κ3) is 6.61. The van der Waals surface area contributed by atoms with Gasteiger partial charge in [0.15, 0.2) is 0 Å². The first-order valence-electron chi connectivity index (χ1n) is 22.0. The van der Waals surface area contributed by atoms with Crippen molar-refractivity contribution in [1.29, 1.82) is 0 Å². The maximum absolute atomic E-state index is 14.3. The molecule has 4 fully saturated rings. The molecule has 4 aliphatic rings. The van der Waals surface area contributed by atoms with Crippen molar-refractivity contribution in [2.24, 2.45) is 17.8 Å². The SMILES string of the molecule is CNC(=O)N[C@@H](C(=O)N1[C@@H]2C[C@@H]2C[C@H]1c1nc2c(ccc3cc(-c4ccc5c(ccc6nc([C@@H]7C[C@H]8C[C@H]8N7C(=O)[C@@H](NC(=O)OC)C(C)C)[nH]c65)c4)ccc32)[nH]1)c1ccccc1. The Labute approximate surface area is 363 Å². The number of nitrogens with one attached hydrogen (secondary N) is 5. The fourth-order valence-electron chi connectivity index (χ4n) is 10.5. The van der Waals surface area contributed by atoms with Gasteiger partial charge in [-0.2, -0.15) is 0 Å². The number of fused-ring (bicyclic) bond motifs is 8. The topological polar surface area (TPSA) is 177 Å². The molecule has 2 saturated heterocycles. The van der Waals surface area contributed by atoms with Gasteiger partial charge >= 0.3 is 12.1 Å². The van der Waals surface area contributed by atoms with Crippen molar-refractivity contribution in [2.45, 2.75) is 75.8 Å². The van der Waals surface area contributed by atoms with Crippen molar-refractivity contribution in [3.63, 3.8) is 0 Å². The summed E-state index contributed by atoms with van der Waals surface area (Å²) in [6.07, 6.45) is 2.97. The maximum Gasteiger partial charge on any atom is 0.407 e. The summed E-state index contributed by atoms with van der Waals surface area (Å²) in [5.41, 5.74) is 6.44. The Balaban J connectivity index is 0.865. The second-order valence-electron chi connectivity index (χ2n) is 18.1. The molecule has 14 nitrogen and oxygen atoms in total. The summed E-state index contributed by atoms with van der Waals surface area (Å²) in [4.78, 5) is 74.3. The summed E-state index contributed by atoms with van der Waals surface area (Å²) in [7, 11) is 2.86. The third-order valence-corrected chi connectivity index (χ3v) is 13.9. The predicted octanol–water partition coefficient (Wildman–Crippen LogP) is 7.79. The Morgan fingerprint density at radius 1 is 0.714 bits per heavy atom. The molecule has 2 aliphatic heterocycles. The number of H-pyrrole nitrogens is 2. The number of carbonyl (C=O) groups is 4. The molecule has 0 radical (unpaired) electrons. The van der Waals surface area contributed by atoms with Crippen LogP contribution >= 0.6 is 0 Å². The second kappa shape index (κ2) is 14.8. The lowest BCUT2D eigenvalue weighted by Crippen LogP contribution is -2.52. The van der Waals surface area contributed by atoms with Crippen LogP contribution < -0.4 is 16.0 Å². The van der Waals surface area contributed by atoms with Gasteiger partial charge in [0.2, 0.25) is 5.91 Å². The van der Waals surface area contributed by atoms with Crippen molar-refractivity contribution >= 4 is 67.6 Å². The molecule has 2 aliphatic carbocycles. The van der Waals surface area contributed by atoms with E-state index in [-0.39, 0.29) is 41.9 Å². The van der Waals surface area contributed by atoms with Gasteiger partial charge in [-0.25, -0.2) is 19.6 Å². The van der Waals surface area contributed by atoms with E-state index in [0.717, 1.165) is 97.6 Å². The number of ether oxygens (including phenoxy) is 1. The Morgan fingerprint density at radius 3 is 2.02 bits per heavy atom. The molecule has 7 aromatic rings. The maximum atomic E-state index is 14.3. The second-order valence-corrected chi connectivity index (χ2v) is 18.1. The number of likely N-dealkylation sites (tertiary alicyclic amines) is 2. The van der Waals surface area contributed by atoms with Crippen LogP contribution in [0, 0.1) is 17.8 Å². The number of amides is 5. The highest BCUT2D eigenvalue weighted by atomic mass is 16.5. The summed E-state index contributed by atoms with van der Waals surface area (Å²) in [6, 6.07) is 28.6. The highest BCUT2D eigenvalue weighted by Crippen LogP contribution is 2.55. The van der Waals surface area contributed by atoms with E-state index >= 15 is 0 Å². The van der Waals surface area contributed by atoms with Gasteiger partial charge in [-0.05, 0) is 95.2 Å². The van der Waals surface area contributed by atoms with Crippen LogP contribution in [0.3, 0.4) is 0 Å². The normalized spacial score (nSPS) is 23.2. The molecule has 5 aromatic carbocycles. The van der Waals surface area contributed by atoms with Crippen molar-refractivity contribution in [3.8, 4) is 11.1 Å². The molecule has 8 atom stereocenters. The Morgan fingerprint density at radius 2 is 1.35 bits per heavy atom. The number of nitrogens with zero attached hydrogens (tertiary/aromatic N) is 4. The molecule has 320 valence electrons. The minimum absolute atomic E-state index is 0.0987. The minimum Gasteiger partial charge on any atom is -0.453 e. The molecule has 0 bridgehead atoms. The number of hydrogen-bond donors (Lipinski definition) is 5. The van der Waals surface area contributed by atoms with Crippen molar-refractivity contribution in [2.75, 3.05) is 14.2 Å². The number of hydrogen-bond acceptors (Lipinski definition) is 7. The van der Waals surface area contributed by atoms with Crippen molar-refractivity contribution < 1.29 is 23.9 Å². The molecule has 0 unspecified atom stereocenters. The van der Waals surface area contributed by atoms with E-state index in [2.05, 4.69) is 80.5 Å². The first-order valence-corrected chi connectivity index (χ1v) is 22.0. The monoisotopic (exact) mass is 843 g/mol. The van der Waals surface area contributed by atoms with E-state index in [1.807, 2.05) is 60.0 Å². The van der Waals surface area contributed by atoms with E-state index in [1.54, 1.807) is 7.05 Å². The van der Waals surface area contributed by atoms with Crippen LogP contribution in [0.2, 0.25) is 0 Å². The number of carbonyl (C=O) groups excluding carboxylic acids is 4. The zero-order chi connectivity index (χ0) is 43.3. The molecule has 4 heterocycles. The van der Waals surface area contributed by atoms with Crippen LogP contribution in [0.4, 0.5) is 9.59 Å². The molecule has 2 saturated carbocycles. The lowest BCUT2D eigenvalue weighted by Gasteiger charge is -2.31. The number of benzene rings is 5. The number of aromatic amines is 2. The highest BCUT2D eigenvalue weighted by Gasteiger charge is 2.57. The number of urea groups is 1. The van der Waals surface area contributed by atoms with Crippen LogP contribution in [0.25, 0.3) is 54.7 Å². The quantitative estimate of drug-likeness (QED) is 0.0985. The molecule has 2 aromatic heterocycles. The summed E-state index contributed by atoms with van der Waals surface area (Å²) >= 11 is 0. The fraction of sp³-hybridized carbons (Fsp3) is 0.347. The number of aromatic nitrogens is 4. The number of alkyl carbamates (subject to hydrolysis) is 1. The molecule has 0 spiro atoms. The standard InChI is InChI=1S/C49H49N9O5/c1-24(2)40(56-49(62)63-4)46(59)57-36-20-30(36)22-38(57)44-51-34-16-12-28-18-26(10-14-32(28)42(34)53-44)27-11-15-33-29(19-27)13-17-35-43(33)54-45(52-35)39-23-31-21-37(31)58(39)47(60)41(55-48(61)50-3)25-8-6-5-7-9-25/h5-19,24,30-31,36-41H,20-23H2,1-4H3,(H,51,53)(H,52,54)(H,56,62)(H2,50,55,61)/t30-,31-,36-,37-,38+,39+,40+,41-/m1/s1. The van der Waals surface area contributed by atoms with Crippen LogP contribution in [0.1, 0.15) is 74.9 Å². The number of imidazole rings is 2. The number of methoxy groups -OCH3 is 1. The van der Waals surface area contributed by atoms with Gasteiger partial charge in [0.1, 0.15) is 23.7 Å². The fourth-order valence-corrected chi connectivity index (χ4v) is 10.5. The van der Waals surface area contributed by atoms with Crippen LogP contribution in [-0.4, -0.2) is 86.0 Å². The van der Waals surface area contributed by atoms with Crippen LogP contribution in [0.5, 0.6) is 0 Å². The molecule has 11 rings (SSSR count). The lowest BCUT2D eigenvalue weighted by atomic mass is 9.98. The van der Waals surface area contributed by atoms with Gasteiger partial charge in [-0.15, -0.1) is 0 Å². The van der Waals surface area contributed by atoms with E-state index in [9.17, 15) is 19.2 Å². The molecule has 5 amide bonds. The van der Waals surface area contributed by atoms with Gasteiger partial charge in [-0.3, -0.25) is 9.59 Å². The summed E-state index contributed by atoms with van der Waals surface area (Å²) in [6.45, 7) is 3.86. The Bertz CT molecular complexity index is 3000. The van der Waals surface area contributed by atoms with E-state index in [1.165, 1.54) is 7.11 Å². The van der Waals surface area contributed by atoms with E-state index in [4.69, 9.17) is 14.7 Å². The molecular formula is C49H49N9O5. The van der Waals surface area contributed by atoms with E-state index < -0.39 is 24.2 Å². The third-order valence-electron chi connectivity index (χ3n) is 13.9. The smallest absolute Gasteiger partial charge is 0.407 e. The lowest BCUT2D eigenvalue weighted by molar-refractivity contribution is -0.137. The van der Waals surface area contributed by atoms with Crippen LogP contribution in [-0.2, 0) is 14.3 Å².